The largest absolute Gasteiger partial charge is 0.379 e. The molecule has 0 amide bonds. The van der Waals surface area contributed by atoms with E-state index in [1.54, 1.807) is 0 Å². The fraction of sp³-hybridized carbons (Fsp3) is 0.900. The quantitative estimate of drug-likeness (QED) is 0.607. The molecule has 0 aromatic carbocycles. The highest BCUT2D eigenvalue weighted by atomic mass is 16.5. The van der Waals surface area contributed by atoms with Gasteiger partial charge in [-0.1, -0.05) is 12.8 Å². The maximum absolute atomic E-state index is 9.24. The monoisotopic (exact) mass is 180 g/mol. The van der Waals surface area contributed by atoms with Gasteiger partial charge in [0.1, 0.15) is 5.54 Å². The van der Waals surface area contributed by atoms with E-state index in [1.165, 1.54) is 12.8 Å². The Labute approximate surface area is 79.3 Å². The van der Waals surface area contributed by atoms with Gasteiger partial charge in [-0.15, -0.1) is 0 Å². The minimum atomic E-state index is -0.135. The van der Waals surface area contributed by atoms with Crippen LogP contribution in [0.3, 0.4) is 0 Å². The van der Waals surface area contributed by atoms with E-state index < -0.39 is 0 Å². The van der Waals surface area contributed by atoms with Crippen molar-refractivity contribution in [2.75, 3.05) is 26.3 Å². The van der Waals surface area contributed by atoms with Crippen LogP contribution in [0.4, 0.5) is 0 Å². The summed E-state index contributed by atoms with van der Waals surface area (Å²) in [7, 11) is 0. The predicted octanol–water partition coefficient (Wildman–Crippen LogP) is 1.15. The molecule has 3 heteroatoms. The fourth-order valence-corrected chi connectivity index (χ4v) is 2.45. The lowest BCUT2D eigenvalue weighted by Gasteiger charge is -2.38. The molecule has 1 saturated carbocycles. The van der Waals surface area contributed by atoms with Crippen LogP contribution in [0.15, 0.2) is 0 Å². The van der Waals surface area contributed by atoms with Gasteiger partial charge in [-0.05, 0) is 12.8 Å². The van der Waals surface area contributed by atoms with Crippen LogP contribution in [0.1, 0.15) is 25.7 Å². The molecule has 2 aliphatic rings. The van der Waals surface area contributed by atoms with Crippen molar-refractivity contribution in [1.29, 1.82) is 5.26 Å². The Hall–Kier alpha value is -0.590. The average Bonchev–Trinajstić information content (AvgIpc) is 2.69. The number of ether oxygens (including phenoxy) is 1. The summed E-state index contributed by atoms with van der Waals surface area (Å²) >= 11 is 0. The SMILES string of the molecule is N#CC1(N2CCOCC2)CCCC1. The normalized spacial score (nSPS) is 28.5. The number of rotatable bonds is 1. The van der Waals surface area contributed by atoms with Gasteiger partial charge >= 0.3 is 0 Å². The van der Waals surface area contributed by atoms with E-state index in [1.807, 2.05) is 0 Å². The van der Waals surface area contributed by atoms with E-state index in [-0.39, 0.29) is 5.54 Å². The van der Waals surface area contributed by atoms with Crippen molar-refractivity contribution < 1.29 is 4.74 Å². The van der Waals surface area contributed by atoms with Crippen molar-refractivity contribution in [3.8, 4) is 6.07 Å². The number of morpholine rings is 1. The number of hydrogen-bond acceptors (Lipinski definition) is 3. The first-order valence-electron chi connectivity index (χ1n) is 5.11. The van der Waals surface area contributed by atoms with Crippen LogP contribution in [0.5, 0.6) is 0 Å². The number of hydrogen-bond donors (Lipinski definition) is 0. The molecule has 13 heavy (non-hydrogen) atoms. The van der Waals surface area contributed by atoms with Crippen LogP contribution in [-0.4, -0.2) is 36.7 Å². The van der Waals surface area contributed by atoms with Gasteiger partial charge in [-0.3, -0.25) is 4.90 Å². The maximum Gasteiger partial charge on any atom is 0.109 e. The Morgan fingerprint density at radius 3 is 2.31 bits per heavy atom. The summed E-state index contributed by atoms with van der Waals surface area (Å²) in [5.74, 6) is 0. The summed E-state index contributed by atoms with van der Waals surface area (Å²) in [4.78, 5) is 2.32. The maximum atomic E-state index is 9.24. The van der Waals surface area contributed by atoms with Crippen molar-refractivity contribution in [3.05, 3.63) is 0 Å². The van der Waals surface area contributed by atoms with Crippen molar-refractivity contribution in [3.63, 3.8) is 0 Å². The molecule has 3 nitrogen and oxygen atoms in total. The van der Waals surface area contributed by atoms with E-state index in [4.69, 9.17) is 4.74 Å². The van der Waals surface area contributed by atoms with Crippen LogP contribution in [0, 0.1) is 11.3 Å². The van der Waals surface area contributed by atoms with E-state index >= 15 is 0 Å². The van der Waals surface area contributed by atoms with E-state index in [0.717, 1.165) is 39.1 Å². The first-order valence-corrected chi connectivity index (χ1v) is 5.11. The third-order valence-corrected chi connectivity index (χ3v) is 3.26. The highest BCUT2D eigenvalue weighted by Crippen LogP contribution is 2.34. The van der Waals surface area contributed by atoms with Gasteiger partial charge in [0.15, 0.2) is 0 Å². The predicted molar refractivity (Wildman–Crippen MR) is 49.2 cm³/mol. The Morgan fingerprint density at radius 2 is 1.77 bits per heavy atom. The van der Waals surface area contributed by atoms with Crippen molar-refractivity contribution in [2.45, 2.75) is 31.2 Å². The molecule has 1 aliphatic carbocycles. The molecular formula is C10H16N2O. The average molecular weight is 180 g/mol. The molecule has 1 saturated heterocycles. The first-order chi connectivity index (χ1) is 6.37. The summed E-state index contributed by atoms with van der Waals surface area (Å²) in [6, 6.07) is 2.52. The minimum absolute atomic E-state index is 0.135. The first kappa shape index (κ1) is 8.98. The zero-order valence-electron chi connectivity index (χ0n) is 7.96. The lowest BCUT2D eigenvalue weighted by atomic mass is 9.97. The second kappa shape index (κ2) is 3.65. The lowest BCUT2D eigenvalue weighted by molar-refractivity contribution is -0.00152. The van der Waals surface area contributed by atoms with Crippen LogP contribution in [0.25, 0.3) is 0 Å². The van der Waals surface area contributed by atoms with Crippen molar-refractivity contribution in [2.24, 2.45) is 0 Å². The second-order valence-electron chi connectivity index (χ2n) is 3.95. The lowest BCUT2D eigenvalue weighted by Crippen LogP contribution is -2.51. The second-order valence-corrected chi connectivity index (χ2v) is 3.95. The zero-order chi connectivity index (χ0) is 9.15. The Morgan fingerprint density at radius 1 is 1.15 bits per heavy atom. The standard InChI is InChI=1S/C10H16N2O/c11-9-10(3-1-2-4-10)12-5-7-13-8-6-12/h1-8H2. The smallest absolute Gasteiger partial charge is 0.109 e. The molecule has 1 aliphatic heterocycles. The Bertz CT molecular complexity index is 209. The summed E-state index contributed by atoms with van der Waals surface area (Å²) in [6.07, 6.45) is 4.54. The Kier molecular flexibility index (Phi) is 2.52. The molecule has 0 atom stereocenters. The van der Waals surface area contributed by atoms with Crippen LogP contribution < -0.4 is 0 Å². The van der Waals surface area contributed by atoms with Gasteiger partial charge < -0.3 is 4.74 Å². The summed E-state index contributed by atoms with van der Waals surface area (Å²) < 4.78 is 5.30. The molecule has 0 bridgehead atoms. The van der Waals surface area contributed by atoms with E-state index in [0.29, 0.717) is 0 Å². The number of nitriles is 1. The molecule has 0 radical (unpaired) electrons. The van der Waals surface area contributed by atoms with Gasteiger partial charge in [0.2, 0.25) is 0 Å². The molecule has 72 valence electrons. The van der Waals surface area contributed by atoms with Crippen molar-refractivity contribution in [1.82, 2.24) is 4.90 Å². The molecule has 0 N–H and O–H groups in total. The van der Waals surface area contributed by atoms with Crippen molar-refractivity contribution >= 4 is 0 Å². The Balaban J connectivity index is 2.06. The highest BCUT2D eigenvalue weighted by molar-refractivity contribution is 5.11. The third kappa shape index (κ3) is 1.56. The van der Waals surface area contributed by atoms with Gasteiger partial charge in [-0.2, -0.15) is 5.26 Å². The van der Waals surface area contributed by atoms with Crippen LogP contribution >= 0.6 is 0 Å². The molecule has 0 aromatic rings. The highest BCUT2D eigenvalue weighted by Gasteiger charge is 2.40. The van der Waals surface area contributed by atoms with Gasteiger partial charge in [0.25, 0.3) is 0 Å². The van der Waals surface area contributed by atoms with Gasteiger partial charge in [0.05, 0.1) is 19.3 Å². The summed E-state index contributed by atoms with van der Waals surface area (Å²) in [6.45, 7) is 3.47. The zero-order valence-corrected chi connectivity index (χ0v) is 7.96. The molecule has 1 heterocycles. The molecule has 2 rings (SSSR count). The molecule has 0 unspecified atom stereocenters. The summed E-state index contributed by atoms with van der Waals surface area (Å²) in [5, 5.41) is 9.24. The summed E-state index contributed by atoms with van der Waals surface area (Å²) in [5.41, 5.74) is -0.135. The minimum Gasteiger partial charge on any atom is -0.379 e. The molecule has 0 spiro atoms. The third-order valence-electron chi connectivity index (χ3n) is 3.26. The van der Waals surface area contributed by atoms with Gasteiger partial charge in [-0.25, -0.2) is 0 Å². The fourth-order valence-electron chi connectivity index (χ4n) is 2.45. The molecular weight excluding hydrogens is 164 g/mol. The topological polar surface area (TPSA) is 36.3 Å². The molecule has 2 fully saturated rings. The van der Waals surface area contributed by atoms with Crippen LogP contribution in [0.2, 0.25) is 0 Å². The van der Waals surface area contributed by atoms with Crippen LogP contribution in [-0.2, 0) is 4.74 Å². The number of nitrogens with zero attached hydrogens (tertiary/aromatic N) is 2. The molecule has 0 aromatic heterocycles. The van der Waals surface area contributed by atoms with E-state index in [9.17, 15) is 5.26 Å². The van der Waals surface area contributed by atoms with Gasteiger partial charge in [0, 0.05) is 13.1 Å². The van der Waals surface area contributed by atoms with E-state index in [2.05, 4.69) is 11.0 Å².